The number of hydrogen-bond acceptors (Lipinski definition) is 3. The van der Waals surface area contributed by atoms with E-state index >= 15 is 0 Å². The molecule has 0 aliphatic carbocycles. The second kappa shape index (κ2) is 6.12. The van der Waals surface area contributed by atoms with E-state index in [1.807, 2.05) is 18.2 Å². The molecule has 86 valence electrons. The molecule has 3 heteroatoms. The summed E-state index contributed by atoms with van der Waals surface area (Å²) in [4.78, 5) is 4.19. The number of nitrogens with one attached hydrogen (secondary N) is 1. The first-order chi connectivity index (χ1) is 7.61. The third kappa shape index (κ3) is 4.31. The van der Waals surface area contributed by atoms with E-state index in [1.54, 1.807) is 6.07 Å². The van der Waals surface area contributed by atoms with Crippen LogP contribution in [0.2, 0.25) is 0 Å². The van der Waals surface area contributed by atoms with Gasteiger partial charge in [-0.3, -0.25) is 0 Å². The highest BCUT2D eigenvalue weighted by atomic mass is 15.0. The third-order valence-corrected chi connectivity index (χ3v) is 2.43. The van der Waals surface area contributed by atoms with Crippen LogP contribution in [0.1, 0.15) is 39.3 Å². The van der Waals surface area contributed by atoms with Gasteiger partial charge in [0.1, 0.15) is 17.6 Å². The van der Waals surface area contributed by atoms with Crippen molar-refractivity contribution in [2.75, 3.05) is 5.32 Å². The van der Waals surface area contributed by atoms with Gasteiger partial charge in [0.2, 0.25) is 0 Å². The first-order valence-corrected chi connectivity index (χ1v) is 5.75. The summed E-state index contributed by atoms with van der Waals surface area (Å²) in [6.45, 7) is 6.59. The van der Waals surface area contributed by atoms with Crippen LogP contribution in [0.15, 0.2) is 18.2 Å². The van der Waals surface area contributed by atoms with Crippen LogP contribution >= 0.6 is 0 Å². The molecule has 0 radical (unpaired) electrons. The summed E-state index contributed by atoms with van der Waals surface area (Å²) in [6, 6.07) is 7.89. The Morgan fingerprint density at radius 3 is 2.69 bits per heavy atom. The molecule has 16 heavy (non-hydrogen) atoms. The maximum absolute atomic E-state index is 8.73. The lowest BCUT2D eigenvalue weighted by atomic mass is 10.0. The maximum atomic E-state index is 8.73. The SMILES string of the molecule is CC(C)CCC(C)Nc1cccc(C#N)n1. The predicted molar refractivity (Wildman–Crippen MR) is 66.1 cm³/mol. The average Bonchev–Trinajstić information content (AvgIpc) is 2.26. The Morgan fingerprint density at radius 2 is 2.06 bits per heavy atom. The number of hydrogen-bond donors (Lipinski definition) is 1. The number of nitrogens with zero attached hydrogens (tertiary/aromatic N) is 2. The molecule has 0 fully saturated rings. The Kier molecular flexibility index (Phi) is 4.78. The summed E-state index contributed by atoms with van der Waals surface area (Å²) in [6.07, 6.45) is 2.32. The fraction of sp³-hybridized carbons (Fsp3) is 0.538. The average molecular weight is 217 g/mol. The molecular weight excluding hydrogens is 198 g/mol. The second-order valence-electron chi connectivity index (χ2n) is 4.54. The first-order valence-electron chi connectivity index (χ1n) is 5.75. The van der Waals surface area contributed by atoms with Crippen molar-refractivity contribution >= 4 is 5.82 Å². The molecule has 1 atom stereocenters. The summed E-state index contributed by atoms with van der Waals surface area (Å²) in [5, 5.41) is 12.0. The van der Waals surface area contributed by atoms with Crippen LogP contribution in [0.4, 0.5) is 5.82 Å². The van der Waals surface area contributed by atoms with Gasteiger partial charge in [-0.25, -0.2) is 4.98 Å². The van der Waals surface area contributed by atoms with E-state index in [4.69, 9.17) is 5.26 Å². The van der Waals surface area contributed by atoms with Crippen molar-refractivity contribution < 1.29 is 0 Å². The highest BCUT2D eigenvalue weighted by molar-refractivity contribution is 5.38. The largest absolute Gasteiger partial charge is 0.368 e. The molecule has 0 amide bonds. The minimum Gasteiger partial charge on any atom is -0.368 e. The molecule has 1 rings (SSSR count). The van der Waals surface area contributed by atoms with Gasteiger partial charge in [0.05, 0.1) is 0 Å². The molecule has 1 aromatic heterocycles. The molecule has 3 nitrogen and oxygen atoms in total. The van der Waals surface area contributed by atoms with Gasteiger partial charge in [0, 0.05) is 6.04 Å². The van der Waals surface area contributed by atoms with Crippen molar-refractivity contribution in [2.24, 2.45) is 5.92 Å². The van der Waals surface area contributed by atoms with Crippen LogP contribution in [0.5, 0.6) is 0 Å². The molecule has 1 heterocycles. The zero-order valence-corrected chi connectivity index (χ0v) is 10.2. The number of aromatic nitrogens is 1. The molecular formula is C13H19N3. The molecule has 0 saturated carbocycles. The zero-order valence-electron chi connectivity index (χ0n) is 10.2. The molecule has 0 saturated heterocycles. The van der Waals surface area contributed by atoms with Gasteiger partial charge in [0.15, 0.2) is 0 Å². The lowest BCUT2D eigenvalue weighted by Gasteiger charge is -2.15. The fourth-order valence-corrected chi connectivity index (χ4v) is 1.49. The molecule has 0 aromatic carbocycles. The van der Waals surface area contributed by atoms with Crippen LogP contribution in [0.3, 0.4) is 0 Å². The van der Waals surface area contributed by atoms with Gasteiger partial charge in [-0.15, -0.1) is 0 Å². The molecule has 1 aromatic rings. The Morgan fingerprint density at radius 1 is 1.31 bits per heavy atom. The van der Waals surface area contributed by atoms with Crippen molar-refractivity contribution in [1.82, 2.24) is 4.98 Å². The van der Waals surface area contributed by atoms with Crippen LogP contribution in [-0.4, -0.2) is 11.0 Å². The van der Waals surface area contributed by atoms with E-state index in [0.717, 1.165) is 18.2 Å². The summed E-state index contributed by atoms with van der Waals surface area (Å²) >= 11 is 0. The van der Waals surface area contributed by atoms with E-state index < -0.39 is 0 Å². The Labute approximate surface area is 97.5 Å². The van der Waals surface area contributed by atoms with Crippen molar-refractivity contribution in [2.45, 2.75) is 39.7 Å². The monoisotopic (exact) mass is 217 g/mol. The highest BCUT2D eigenvalue weighted by Gasteiger charge is 2.04. The van der Waals surface area contributed by atoms with Gasteiger partial charge in [0.25, 0.3) is 0 Å². The molecule has 0 spiro atoms. The van der Waals surface area contributed by atoms with E-state index in [-0.39, 0.29) is 0 Å². The molecule has 1 N–H and O–H groups in total. The Balaban J connectivity index is 2.49. The minimum absolute atomic E-state index is 0.392. The number of anilines is 1. The quantitative estimate of drug-likeness (QED) is 0.824. The van der Waals surface area contributed by atoms with Crippen LogP contribution < -0.4 is 5.32 Å². The fourth-order valence-electron chi connectivity index (χ4n) is 1.49. The molecule has 0 aliphatic rings. The molecule has 0 aliphatic heterocycles. The van der Waals surface area contributed by atoms with Crippen LogP contribution in [0.25, 0.3) is 0 Å². The minimum atomic E-state index is 0.392. The molecule has 1 unspecified atom stereocenters. The second-order valence-corrected chi connectivity index (χ2v) is 4.54. The van der Waals surface area contributed by atoms with Gasteiger partial charge in [-0.05, 0) is 37.8 Å². The van der Waals surface area contributed by atoms with E-state index in [0.29, 0.717) is 11.7 Å². The molecule has 0 bridgehead atoms. The maximum Gasteiger partial charge on any atom is 0.142 e. The van der Waals surface area contributed by atoms with E-state index in [2.05, 4.69) is 31.1 Å². The normalized spacial score (nSPS) is 12.2. The topological polar surface area (TPSA) is 48.7 Å². The highest BCUT2D eigenvalue weighted by Crippen LogP contribution is 2.11. The van der Waals surface area contributed by atoms with Crippen molar-refractivity contribution in [3.63, 3.8) is 0 Å². The zero-order chi connectivity index (χ0) is 12.0. The van der Waals surface area contributed by atoms with Crippen molar-refractivity contribution in [3.05, 3.63) is 23.9 Å². The summed E-state index contributed by atoms with van der Waals surface area (Å²) in [5.74, 6) is 1.51. The summed E-state index contributed by atoms with van der Waals surface area (Å²) < 4.78 is 0. The van der Waals surface area contributed by atoms with Gasteiger partial charge < -0.3 is 5.32 Å². The van der Waals surface area contributed by atoms with Crippen molar-refractivity contribution in [1.29, 1.82) is 5.26 Å². The first kappa shape index (κ1) is 12.5. The van der Waals surface area contributed by atoms with Gasteiger partial charge in [-0.2, -0.15) is 5.26 Å². The number of rotatable bonds is 5. The standard InChI is InChI=1S/C13H19N3/c1-10(2)7-8-11(3)15-13-6-4-5-12(9-14)16-13/h4-6,10-11H,7-8H2,1-3H3,(H,15,16). The Bertz CT molecular complexity index is 366. The predicted octanol–water partition coefficient (Wildman–Crippen LogP) is 3.19. The van der Waals surface area contributed by atoms with Gasteiger partial charge in [-0.1, -0.05) is 19.9 Å². The third-order valence-electron chi connectivity index (χ3n) is 2.43. The van der Waals surface area contributed by atoms with Gasteiger partial charge >= 0.3 is 0 Å². The number of nitriles is 1. The number of pyridine rings is 1. The van der Waals surface area contributed by atoms with E-state index in [9.17, 15) is 0 Å². The van der Waals surface area contributed by atoms with Crippen molar-refractivity contribution in [3.8, 4) is 6.07 Å². The summed E-state index contributed by atoms with van der Waals surface area (Å²) in [7, 11) is 0. The lowest BCUT2D eigenvalue weighted by molar-refractivity contribution is 0.527. The summed E-state index contributed by atoms with van der Waals surface area (Å²) in [5.41, 5.74) is 0.459. The van der Waals surface area contributed by atoms with E-state index in [1.165, 1.54) is 6.42 Å². The van der Waals surface area contributed by atoms with Crippen LogP contribution in [0, 0.1) is 17.2 Å². The lowest BCUT2D eigenvalue weighted by Crippen LogP contribution is -2.16. The smallest absolute Gasteiger partial charge is 0.142 e. The Hall–Kier alpha value is -1.56. The van der Waals surface area contributed by atoms with Crippen LogP contribution in [-0.2, 0) is 0 Å².